The van der Waals surface area contributed by atoms with E-state index in [2.05, 4.69) is 22.5 Å². The Hall–Kier alpha value is -0.960. The highest BCUT2D eigenvalue weighted by molar-refractivity contribution is 7.98. The number of aryl methyl sites for hydroxylation is 1. The highest BCUT2D eigenvalue weighted by Crippen LogP contribution is 2.45. The lowest BCUT2D eigenvalue weighted by Crippen LogP contribution is -2.45. The van der Waals surface area contributed by atoms with Crippen LogP contribution in [0, 0.1) is 0 Å². The zero-order valence-corrected chi connectivity index (χ0v) is 17.8. The summed E-state index contributed by atoms with van der Waals surface area (Å²) in [5.74, 6) is 1.07. The van der Waals surface area contributed by atoms with Crippen LogP contribution in [0.3, 0.4) is 0 Å². The summed E-state index contributed by atoms with van der Waals surface area (Å²) in [4.78, 5) is 4.50. The monoisotopic (exact) mass is 427 g/mol. The molecule has 8 heteroatoms. The second-order valence-corrected chi connectivity index (χ2v) is 9.83. The highest BCUT2D eigenvalue weighted by Gasteiger charge is 2.42. The third-order valence-electron chi connectivity index (χ3n) is 5.70. The Labute approximate surface area is 173 Å². The normalized spacial score (nSPS) is 19.4. The van der Waals surface area contributed by atoms with E-state index >= 15 is 0 Å². The molecule has 1 saturated heterocycles. The van der Waals surface area contributed by atoms with Crippen molar-refractivity contribution in [1.29, 1.82) is 0 Å². The number of halogens is 2. The molecule has 4 nitrogen and oxygen atoms in total. The van der Waals surface area contributed by atoms with Crippen LogP contribution in [0.15, 0.2) is 18.5 Å². The van der Waals surface area contributed by atoms with E-state index in [9.17, 15) is 8.78 Å². The van der Waals surface area contributed by atoms with Gasteiger partial charge in [0.1, 0.15) is 0 Å². The second-order valence-electron chi connectivity index (χ2n) is 7.62. The Morgan fingerprint density at radius 3 is 2.93 bits per heavy atom. The van der Waals surface area contributed by atoms with Gasteiger partial charge in [0.05, 0.1) is 18.4 Å². The van der Waals surface area contributed by atoms with Crippen molar-refractivity contribution in [2.24, 2.45) is 0 Å². The van der Waals surface area contributed by atoms with Crippen LogP contribution < -0.4 is 0 Å². The van der Waals surface area contributed by atoms with Gasteiger partial charge < -0.3 is 4.74 Å². The number of nitrogens with zero attached hydrogens (tertiary/aromatic N) is 3. The molecule has 4 heterocycles. The van der Waals surface area contributed by atoms with Gasteiger partial charge in [-0.3, -0.25) is 9.58 Å². The van der Waals surface area contributed by atoms with Gasteiger partial charge in [-0.1, -0.05) is 0 Å². The summed E-state index contributed by atoms with van der Waals surface area (Å²) in [6.07, 6.45) is 6.49. The van der Waals surface area contributed by atoms with Crippen LogP contribution in [0.4, 0.5) is 8.78 Å². The standard InChI is InChI=1S/C20H27F2N3OS2/c1-27-9-7-25-14-15(12-23-25)13-24-5-3-20(4-6-24)17-10-16(11-19(21)22)28-18(17)2-8-26-20/h10,12,14,19H,2-9,11,13H2,1H3. The first-order valence-electron chi connectivity index (χ1n) is 9.85. The lowest BCUT2D eigenvalue weighted by atomic mass is 9.82. The molecule has 0 amide bonds. The summed E-state index contributed by atoms with van der Waals surface area (Å²) in [6, 6.07) is 2.00. The van der Waals surface area contributed by atoms with Crippen LogP contribution in [0.25, 0.3) is 0 Å². The van der Waals surface area contributed by atoms with Crippen LogP contribution in [0.1, 0.15) is 33.7 Å². The molecule has 0 unspecified atom stereocenters. The fourth-order valence-corrected chi connectivity index (χ4v) is 5.88. The van der Waals surface area contributed by atoms with Gasteiger partial charge in [-0.15, -0.1) is 11.3 Å². The summed E-state index contributed by atoms with van der Waals surface area (Å²) in [5, 5.41) is 4.45. The van der Waals surface area contributed by atoms with Crippen LogP contribution in [0.5, 0.6) is 0 Å². The van der Waals surface area contributed by atoms with Crippen molar-refractivity contribution in [3.63, 3.8) is 0 Å². The predicted octanol–water partition coefficient (Wildman–Crippen LogP) is 4.18. The van der Waals surface area contributed by atoms with Crippen molar-refractivity contribution in [3.05, 3.63) is 39.3 Å². The van der Waals surface area contributed by atoms with Crippen LogP contribution in [-0.4, -0.2) is 52.8 Å². The van der Waals surface area contributed by atoms with Crippen LogP contribution >= 0.6 is 23.1 Å². The lowest BCUT2D eigenvalue weighted by Gasteiger charge is -2.44. The molecular formula is C20H27F2N3OS2. The zero-order valence-electron chi connectivity index (χ0n) is 16.2. The maximum atomic E-state index is 12.8. The zero-order chi connectivity index (χ0) is 19.6. The van der Waals surface area contributed by atoms with Crippen molar-refractivity contribution in [2.45, 2.75) is 50.8 Å². The van der Waals surface area contributed by atoms with E-state index in [1.807, 2.05) is 28.7 Å². The van der Waals surface area contributed by atoms with Gasteiger partial charge in [0.15, 0.2) is 0 Å². The van der Waals surface area contributed by atoms with Gasteiger partial charge >= 0.3 is 0 Å². The number of piperidine rings is 1. The first-order valence-corrected chi connectivity index (χ1v) is 12.1. The van der Waals surface area contributed by atoms with Crippen LogP contribution in [0.2, 0.25) is 0 Å². The van der Waals surface area contributed by atoms with Gasteiger partial charge in [-0.25, -0.2) is 8.78 Å². The second kappa shape index (κ2) is 8.81. The van der Waals surface area contributed by atoms with Gasteiger partial charge in [0, 0.05) is 66.3 Å². The fraction of sp³-hybridized carbons (Fsp3) is 0.650. The topological polar surface area (TPSA) is 30.3 Å². The third-order valence-corrected chi connectivity index (χ3v) is 7.50. The summed E-state index contributed by atoms with van der Waals surface area (Å²) < 4.78 is 33.9. The van der Waals surface area contributed by atoms with E-state index in [1.54, 1.807) is 11.3 Å². The van der Waals surface area contributed by atoms with E-state index < -0.39 is 6.43 Å². The molecule has 2 aliphatic rings. The number of aromatic nitrogens is 2. The van der Waals surface area contributed by atoms with Crippen LogP contribution in [-0.2, 0) is 36.3 Å². The van der Waals surface area contributed by atoms with E-state index in [4.69, 9.17) is 4.74 Å². The first kappa shape index (κ1) is 20.3. The Balaban J connectivity index is 1.39. The van der Waals surface area contributed by atoms with Crippen molar-refractivity contribution < 1.29 is 13.5 Å². The quantitative estimate of drug-likeness (QED) is 0.663. The van der Waals surface area contributed by atoms with Crippen molar-refractivity contribution in [1.82, 2.24) is 14.7 Å². The van der Waals surface area contributed by atoms with Gasteiger partial charge in [-0.2, -0.15) is 16.9 Å². The third kappa shape index (κ3) is 4.45. The maximum absolute atomic E-state index is 12.8. The van der Waals surface area contributed by atoms with E-state index in [1.165, 1.54) is 16.0 Å². The SMILES string of the molecule is CSCCn1cc(CN2CCC3(CC2)OCCc2sc(CC(F)F)cc23)cn1. The van der Waals surface area contributed by atoms with E-state index in [-0.39, 0.29) is 12.0 Å². The van der Waals surface area contributed by atoms with Crippen molar-refractivity contribution >= 4 is 23.1 Å². The minimum Gasteiger partial charge on any atom is -0.370 e. The molecule has 1 fully saturated rings. The molecule has 0 aromatic carbocycles. The summed E-state index contributed by atoms with van der Waals surface area (Å²) in [5.41, 5.74) is 2.16. The minimum atomic E-state index is -2.28. The molecule has 0 saturated carbocycles. The van der Waals surface area contributed by atoms with E-state index in [0.717, 1.165) is 56.1 Å². The average molecular weight is 428 g/mol. The molecule has 154 valence electrons. The number of fused-ring (bicyclic) bond motifs is 2. The van der Waals surface area contributed by atoms with E-state index in [0.29, 0.717) is 6.61 Å². The molecule has 2 aliphatic heterocycles. The molecule has 2 aromatic rings. The number of hydrogen-bond acceptors (Lipinski definition) is 5. The molecule has 0 bridgehead atoms. The maximum Gasteiger partial charge on any atom is 0.243 e. The number of thiophene rings is 1. The largest absolute Gasteiger partial charge is 0.370 e. The number of rotatable bonds is 7. The van der Waals surface area contributed by atoms with Gasteiger partial charge in [0.2, 0.25) is 6.43 Å². The lowest BCUT2D eigenvalue weighted by molar-refractivity contribution is -0.0981. The Morgan fingerprint density at radius 2 is 2.18 bits per heavy atom. The molecular weight excluding hydrogens is 400 g/mol. The molecule has 28 heavy (non-hydrogen) atoms. The van der Waals surface area contributed by atoms with Crippen molar-refractivity contribution in [3.8, 4) is 0 Å². The molecule has 0 aliphatic carbocycles. The number of hydrogen-bond donors (Lipinski definition) is 0. The van der Waals surface area contributed by atoms with Crippen molar-refractivity contribution in [2.75, 3.05) is 31.7 Å². The number of thioether (sulfide) groups is 1. The molecule has 4 rings (SSSR count). The summed E-state index contributed by atoms with van der Waals surface area (Å²) in [7, 11) is 0. The molecule has 0 atom stereocenters. The fourth-order valence-electron chi connectivity index (χ4n) is 4.26. The molecule has 0 radical (unpaired) electrons. The Bertz CT molecular complexity index is 784. The Kier molecular flexibility index (Phi) is 6.40. The molecule has 0 N–H and O–H groups in total. The number of alkyl halides is 2. The summed E-state index contributed by atoms with van der Waals surface area (Å²) in [6.45, 7) is 4.46. The van der Waals surface area contributed by atoms with Gasteiger partial charge in [-0.05, 0) is 30.7 Å². The molecule has 2 aromatic heterocycles. The average Bonchev–Trinajstić information content (AvgIpc) is 3.29. The summed E-state index contributed by atoms with van der Waals surface area (Å²) >= 11 is 3.38. The predicted molar refractivity (Wildman–Crippen MR) is 110 cm³/mol. The minimum absolute atomic E-state index is 0.138. The Morgan fingerprint density at radius 1 is 1.36 bits per heavy atom. The first-order chi connectivity index (χ1) is 13.6. The number of likely N-dealkylation sites (tertiary alicyclic amines) is 1. The van der Waals surface area contributed by atoms with Gasteiger partial charge in [0.25, 0.3) is 0 Å². The smallest absolute Gasteiger partial charge is 0.243 e. The number of ether oxygens (including phenoxy) is 1. The molecule has 1 spiro atoms. The highest BCUT2D eigenvalue weighted by atomic mass is 32.2.